The number of halogens is 1. The zero-order valence-electron chi connectivity index (χ0n) is 18.0. The molecule has 5 rings (SSSR count). The minimum atomic E-state index is -3.31. The highest BCUT2D eigenvalue weighted by Crippen LogP contribution is 2.71. The lowest BCUT2D eigenvalue weighted by atomic mass is 9.67. The van der Waals surface area contributed by atoms with E-state index in [1.54, 1.807) is 6.92 Å². The number of hydrogen-bond donors (Lipinski definition) is 1. The average molecular weight is 485 g/mol. The van der Waals surface area contributed by atoms with Crippen molar-refractivity contribution in [2.45, 2.75) is 29.4 Å². The van der Waals surface area contributed by atoms with Gasteiger partial charge in [-0.05, 0) is 42.2 Å². The van der Waals surface area contributed by atoms with Crippen LogP contribution in [0, 0.1) is 17.8 Å². The third-order valence-electron chi connectivity index (χ3n) is 6.35. The van der Waals surface area contributed by atoms with Crippen molar-refractivity contribution in [2.75, 3.05) is 12.9 Å². The van der Waals surface area contributed by atoms with Gasteiger partial charge in [-0.1, -0.05) is 29.8 Å². The molecule has 2 aromatic rings. The van der Waals surface area contributed by atoms with Crippen molar-refractivity contribution in [3.8, 4) is 17.7 Å². The van der Waals surface area contributed by atoms with Crippen molar-refractivity contribution in [1.82, 2.24) is 9.97 Å². The van der Waals surface area contributed by atoms with Crippen LogP contribution in [0.2, 0.25) is 0 Å². The number of benzene rings is 1. The fourth-order valence-electron chi connectivity index (χ4n) is 4.68. The summed E-state index contributed by atoms with van der Waals surface area (Å²) >= 11 is 1.15. The first-order valence-electron chi connectivity index (χ1n) is 10.3. The molecule has 0 radical (unpaired) electrons. The second kappa shape index (κ2) is 7.57. The van der Waals surface area contributed by atoms with Gasteiger partial charge in [-0.15, -0.1) is 5.92 Å². The molecule has 2 aliphatic carbocycles. The third-order valence-corrected chi connectivity index (χ3v) is 10.3. The lowest BCUT2D eigenvalue weighted by molar-refractivity contribution is 0.330. The maximum Gasteiger partial charge on any atom is 0.233 e. The van der Waals surface area contributed by atoms with Gasteiger partial charge in [0.1, 0.15) is 9.77 Å². The maximum absolute atomic E-state index is 14.9. The molecule has 0 saturated heterocycles. The van der Waals surface area contributed by atoms with Gasteiger partial charge in [-0.3, -0.25) is 4.99 Å². The van der Waals surface area contributed by atoms with Crippen molar-refractivity contribution in [3.05, 3.63) is 53.0 Å². The molecule has 1 fully saturated rings. The number of sulfone groups is 1. The van der Waals surface area contributed by atoms with Crippen molar-refractivity contribution in [2.24, 2.45) is 16.6 Å². The molecule has 1 aliphatic heterocycles. The third kappa shape index (κ3) is 3.50. The van der Waals surface area contributed by atoms with Crippen molar-refractivity contribution in [3.63, 3.8) is 0 Å². The number of thioether (sulfide) groups is 1. The Bertz CT molecular complexity index is 1380. The monoisotopic (exact) mass is 484 g/mol. The molecule has 1 aromatic heterocycles. The molecule has 170 valence electrons. The highest BCUT2D eigenvalue weighted by Gasteiger charge is 2.74. The molecular weight excluding hydrogens is 463 g/mol. The van der Waals surface area contributed by atoms with Crippen LogP contribution in [0.15, 0.2) is 35.6 Å². The van der Waals surface area contributed by atoms with Gasteiger partial charge < -0.3 is 10.5 Å². The molecule has 7 nitrogen and oxygen atoms in total. The molecule has 3 atom stereocenters. The van der Waals surface area contributed by atoms with Gasteiger partial charge in [0.15, 0.2) is 27.4 Å². The Kier molecular flexibility index (Phi) is 5.03. The Morgan fingerprint density at radius 2 is 2.21 bits per heavy atom. The number of hydrogen-bond acceptors (Lipinski definition) is 8. The number of fused-ring (bicyclic) bond motifs is 4. The number of aromatic nitrogens is 2. The first-order chi connectivity index (χ1) is 15.7. The first-order valence-corrected chi connectivity index (χ1v) is 13.0. The summed E-state index contributed by atoms with van der Waals surface area (Å²) in [6, 6.07) is 5.61. The summed E-state index contributed by atoms with van der Waals surface area (Å²) in [4.78, 5) is 12.8. The summed E-state index contributed by atoms with van der Waals surface area (Å²) in [6.07, 6.45) is 6.44. The highest BCUT2D eigenvalue weighted by atomic mass is 32.3. The number of nitrogens with two attached hydrogens (primary N) is 1. The van der Waals surface area contributed by atoms with E-state index < -0.39 is 25.3 Å². The quantitative estimate of drug-likeness (QED) is 0.650. The Hall–Kier alpha value is -2.90. The van der Waals surface area contributed by atoms with Gasteiger partial charge in [0.05, 0.1) is 17.9 Å². The second-order valence-electron chi connectivity index (χ2n) is 8.36. The molecule has 3 aliphatic rings. The number of rotatable bonds is 5. The Morgan fingerprint density at radius 1 is 1.39 bits per heavy atom. The van der Waals surface area contributed by atoms with Crippen LogP contribution >= 0.6 is 11.8 Å². The molecule has 0 bridgehead atoms. The summed E-state index contributed by atoms with van der Waals surface area (Å²) in [6.45, 7) is 1.89. The van der Waals surface area contributed by atoms with E-state index in [0.29, 0.717) is 18.4 Å². The molecule has 1 spiro atoms. The SMILES string of the molecule is CC#CCOc1cnc(/C(F)=C/c2ccc3c(c2)[C@@]2(C3)N=C(N)S[C@@]3(S(C)(=O)=O)C[C@H]32)cn1. The smallest absolute Gasteiger partial charge is 0.233 e. The van der Waals surface area contributed by atoms with Gasteiger partial charge in [0.2, 0.25) is 5.88 Å². The van der Waals surface area contributed by atoms with Crippen LogP contribution in [0.5, 0.6) is 5.88 Å². The summed E-state index contributed by atoms with van der Waals surface area (Å²) in [5, 5.41) is 0.287. The van der Waals surface area contributed by atoms with Crippen LogP contribution in [-0.2, 0) is 21.8 Å². The van der Waals surface area contributed by atoms with E-state index in [1.165, 1.54) is 24.7 Å². The van der Waals surface area contributed by atoms with Crippen molar-refractivity contribution < 1.29 is 17.5 Å². The van der Waals surface area contributed by atoms with Crippen LogP contribution in [0.3, 0.4) is 0 Å². The zero-order valence-corrected chi connectivity index (χ0v) is 19.6. The van der Waals surface area contributed by atoms with E-state index in [2.05, 4.69) is 21.8 Å². The lowest BCUT2D eigenvalue weighted by Gasteiger charge is -2.45. The van der Waals surface area contributed by atoms with Crippen LogP contribution in [0.25, 0.3) is 11.9 Å². The zero-order chi connectivity index (χ0) is 23.4. The van der Waals surface area contributed by atoms with E-state index >= 15 is 0 Å². The van der Waals surface area contributed by atoms with Gasteiger partial charge in [0, 0.05) is 18.6 Å². The summed E-state index contributed by atoms with van der Waals surface area (Å²) in [5.41, 5.74) is 8.10. The number of amidine groups is 1. The van der Waals surface area contributed by atoms with E-state index in [0.717, 1.165) is 22.9 Å². The molecular formula is C23H21FN4O3S2. The standard InChI is InChI=1S/C23H21FN4O3S2/c1-3-4-7-31-20-13-26-18(12-27-20)17(24)9-14-5-6-15-10-22(16(15)8-14)19-11-23(19,33(2,29)30)32-21(25)28-22/h5-6,8-9,12-13,19H,7,10-11H2,1-2H3,(H2,25,28)/b17-9-/t19-,22+,23+/m0/s1. The molecule has 1 aromatic carbocycles. The Morgan fingerprint density at radius 3 is 2.91 bits per heavy atom. The summed E-state index contributed by atoms with van der Waals surface area (Å²) in [5.74, 6) is 5.04. The molecule has 2 heterocycles. The van der Waals surface area contributed by atoms with E-state index in [9.17, 15) is 12.8 Å². The van der Waals surface area contributed by atoms with Crippen LogP contribution in [-0.4, -0.2) is 40.5 Å². The molecule has 1 saturated carbocycles. The van der Waals surface area contributed by atoms with Gasteiger partial charge in [-0.2, -0.15) is 0 Å². The van der Waals surface area contributed by atoms with Crippen LogP contribution in [0.1, 0.15) is 35.7 Å². The van der Waals surface area contributed by atoms with Crippen LogP contribution in [0.4, 0.5) is 4.39 Å². The fraction of sp³-hybridized carbons (Fsp3) is 0.348. The minimum Gasteiger partial charge on any atom is -0.463 e. The summed E-state index contributed by atoms with van der Waals surface area (Å²) in [7, 11) is -3.31. The van der Waals surface area contributed by atoms with Crippen LogP contribution < -0.4 is 10.5 Å². The minimum absolute atomic E-state index is 0.0796. The predicted octanol–water partition coefficient (Wildman–Crippen LogP) is 2.92. The second-order valence-corrected chi connectivity index (χ2v) is 12.2. The van der Waals surface area contributed by atoms with E-state index in [4.69, 9.17) is 15.5 Å². The largest absolute Gasteiger partial charge is 0.463 e. The molecule has 10 heteroatoms. The first kappa shape index (κ1) is 21.9. The number of aliphatic imine (C=N–C) groups is 1. The van der Waals surface area contributed by atoms with Gasteiger partial charge >= 0.3 is 0 Å². The number of nitrogens with zero attached hydrogens (tertiary/aromatic N) is 3. The number of ether oxygens (including phenoxy) is 1. The van der Waals surface area contributed by atoms with Gasteiger partial charge in [0.25, 0.3) is 0 Å². The Balaban J connectivity index is 1.42. The summed E-state index contributed by atoms with van der Waals surface area (Å²) < 4.78 is 44.2. The van der Waals surface area contributed by atoms with E-state index in [1.807, 2.05) is 18.2 Å². The highest BCUT2D eigenvalue weighted by molar-refractivity contribution is 8.24. The normalized spacial score (nSPS) is 27.4. The average Bonchev–Trinajstić information content (AvgIpc) is 3.51. The molecule has 0 unspecified atom stereocenters. The van der Waals surface area contributed by atoms with Gasteiger partial charge in [-0.25, -0.2) is 22.8 Å². The lowest BCUT2D eigenvalue weighted by Crippen LogP contribution is -2.47. The van der Waals surface area contributed by atoms with Crippen molar-refractivity contribution >= 4 is 38.7 Å². The predicted molar refractivity (Wildman–Crippen MR) is 127 cm³/mol. The fourth-order valence-corrected chi connectivity index (χ4v) is 7.87. The van der Waals surface area contributed by atoms with Crippen molar-refractivity contribution in [1.29, 1.82) is 0 Å². The molecule has 33 heavy (non-hydrogen) atoms. The topological polar surface area (TPSA) is 108 Å². The van der Waals surface area contributed by atoms with E-state index in [-0.39, 0.29) is 29.3 Å². The maximum atomic E-state index is 14.9. The molecule has 0 amide bonds. The Labute approximate surface area is 195 Å². The molecule has 2 N–H and O–H groups in total.